The number of amides is 3. The van der Waals surface area contributed by atoms with Crippen LogP contribution in [-0.4, -0.2) is 107 Å². The maximum atomic E-state index is 12.4. The largest absolute Gasteiger partial charge is 0.481 e. The SMILES string of the molecule is CC(C)(CNC(=O)OC(C)(C)C)COCCOCC(C)(C)CC(=O)NCCCCCC(=O)NCCOCCOCCC(=O)O. The van der Waals surface area contributed by atoms with Crippen molar-refractivity contribution in [1.29, 1.82) is 0 Å². The van der Waals surface area contributed by atoms with Crippen LogP contribution in [0, 0.1) is 10.8 Å². The Morgan fingerprint density at radius 3 is 1.77 bits per heavy atom. The van der Waals surface area contributed by atoms with Gasteiger partial charge in [0.2, 0.25) is 11.8 Å². The molecular weight excluding hydrogens is 574 g/mol. The molecule has 0 aliphatic carbocycles. The lowest BCUT2D eigenvalue weighted by Gasteiger charge is -2.27. The summed E-state index contributed by atoms with van der Waals surface area (Å²) in [5.41, 5.74) is -1.13. The third-order valence-electron chi connectivity index (χ3n) is 5.91. The molecule has 0 aromatic rings. The molecule has 0 bridgehead atoms. The van der Waals surface area contributed by atoms with Gasteiger partial charge in [-0.25, -0.2) is 4.79 Å². The number of carbonyl (C=O) groups is 4. The van der Waals surface area contributed by atoms with E-state index in [-0.39, 0.29) is 35.7 Å². The van der Waals surface area contributed by atoms with Gasteiger partial charge >= 0.3 is 12.1 Å². The highest BCUT2D eigenvalue weighted by Crippen LogP contribution is 2.20. The summed E-state index contributed by atoms with van der Waals surface area (Å²) in [4.78, 5) is 46.5. The van der Waals surface area contributed by atoms with Gasteiger partial charge in [-0.2, -0.15) is 0 Å². The molecule has 13 nitrogen and oxygen atoms in total. The molecule has 44 heavy (non-hydrogen) atoms. The average Bonchev–Trinajstić information content (AvgIpc) is 2.89. The van der Waals surface area contributed by atoms with Gasteiger partial charge < -0.3 is 44.7 Å². The minimum absolute atomic E-state index is 0.0286. The number of nitrogens with one attached hydrogen (secondary N) is 3. The van der Waals surface area contributed by atoms with Crippen LogP contribution in [0.4, 0.5) is 4.79 Å². The van der Waals surface area contributed by atoms with Crippen LogP contribution in [0.2, 0.25) is 0 Å². The normalized spacial score (nSPS) is 12.1. The maximum absolute atomic E-state index is 12.4. The summed E-state index contributed by atoms with van der Waals surface area (Å²) in [5, 5.41) is 17.0. The van der Waals surface area contributed by atoms with Crippen LogP contribution in [0.25, 0.3) is 0 Å². The average molecular weight is 634 g/mol. The number of carboxylic acid groups (broad SMARTS) is 1. The highest BCUT2D eigenvalue weighted by Gasteiger charge is 2.24. The molecule has 13 heteroatoms. The van der Waals surface area contributed by atoms with Crippen LogP contribution in [-0.2, 0) is 38.1 Å². The summed E-state index contributed by atoms with van der Waals surface area (Å²) in [6.07, 6.45) is 2.64. The lowest BCUT2D eigenvalue weighted by Crippen LogP contribution is -2.40. The second-order valence-electron chi connectivity index (χ2n) is 13.3. The summed E-state index contributed by atoms with van der Waals surface area (Å²) in [6, 6.07) is 0. The van der Waals surface area contributed by atoms with Crippen molar-refractivity contribution >= 4 is 23.9 Å². The molecule has 0 saturated heterocycles. The van der Waals surface area contributed by atoms with Crippen LogP contribution < -0.4 is 16.0 Å². The Bertz CT molecular complexity index is 828. The maximum Gasteiger partial charge on any atom is 0.407 e. The third kappa shape index (κ3) is 28.3. The first-order valence-corrected chi connectivity index (χ1v) is 15.5. The van der Waals surface area contributed by atoms with Crippen LogP contribution in [0.3, 0.4) is 0 Å². The van der Waals surface area contributed by atoms with Crippen molar-refractivity contribution in [2.24, 2.45) is 10.8 Å². The van der Waals surface area contributed by atoms with Gasteiger partial charge in [0.15, 0.2) is 0 Å². The van der Waals surface area contributed by atoms with Crippen molar-refractivity contribution in [3.8, 4) is 0 Å². The van der Waals surface area contributed by atoms with E-state index in [2.05, 4.69) is 16.0 Å². The summed E-state index contributed by atoms with van der Waals surface area (Å²) in [7, 11) is 0. The fourth-order valence-corrected chi connectivity index (χ4v) is 3.69. The van der Waals surface area contributed by atoms with Gasteiger partial charge in [-0.15, -0.1) is 0 Å². The monoisotopic (exact) mass is 633 g/mol. The molecule has 0 unspecified atom stereocenters. The Labute approximate surface area is 263 Å². The third-order valence-corrected chi connectivity index (χ3v) is 5.91. The Balaban J connectivity index is 3.77. The summed E-state index contributed by atoms with van der Waals surface area (Å²) < 4.78 is 27.2. The molecule has 0 aromatic carbocycles. The molecule has 0 rings (SSSR count). The smallest absolute Gasteiger partial charge is 0.407 e. The molecule has 0 heterocycles. The fraction of sp³-hybridized carbons (Fsp3) is 0.871. The Hall–Kier alpha value is -2.48. The lowest BCUT2D eigenvalue weighted by atomic mass is 9.90. The second kappa shape index (κ2) is 22.9. The second-order valence-corrected chi connectivity index (χ2v) is 13.3. The minimum Gasteiger partial charge on any atom is -0.481 e. The van der Waals surface area contributed by atoms with E-state index < -0.39 is 17.7 Å². The molecule has 0 aliphatic rings. The van der Waals surface area contributed by atoms with Gasteiger partial charge in [0.05, 0.1) is 59.3 Å². The van der Waals surface area contributed by atoms with Crippen molar-refractivity contribution in [1.82, 2.24) is 16.0 Å². The predicted octanol–water partition coefficient (Wildman–Crippen LogP) is 3.29. The lowest BCUT2D eigenvalue weighted by molar-refractivity contribution is -0.138. The zero-order valence-electron chi connectivity index (χ0n) is 28.1. The molecule has 0 radical (unpaired) electrons. The van der Waals surface area contributed by atoms with Crippen LogP contribution in [0.5, 0.6) is 0 Å². The highest BCUT2D eigenvalue weighted by molar-refractivity contribution is 5.76. The topological polar surface area (TPSA) is 171 Å². The van der Waals surface area contributed by atoms with E-state index in [0.717, 1.165) is 19.3 Å². The summed E-state index contributed by atoms with van der Waals surface area (Å²) >= 11 is 0. The predicted molar refractivity (Wildman–Crippen MR) is 166 cm³/mol. The molecule has 0 saturated carbocycles. The molecule has 0 spiro atoms. The molecule has 0 aliphatic heterocycles. The van der Waals surface area contributed by atoms with Crippen molar-refractivity contribution in [3.05, 3.63) is 0 Å². The molecule has 258 valence electrons. The van der Waals surface area contributed by atoms with Crippen molar-refractivity contribution in [2.45, 2.75) is 92.6 Å². The zero-order valence-corrected chi connectivity index (χ0v) is 28.1. The number of hydrogen-bond donors (Lipinski definition) is 4. The van der Waals surface area contributed by atoms with Crippen LogP contribution in [0.1, 0.15) is 87.0 Å². The van der Waals surface area contributed by atoms with Gasteiger partial charge in [-0.3, -0.25) is 14.4 Å². The number of alkyl carbamates (subject to hydrolysis) is 1. The Morgan fingerprint density at radius 2 is 1.16 bits per heavy atom. The van der Waals surface area contributed by atoms with Crippen molar-refractivity contribution in [3.63, 3.8) is 0 Å². The zero-order chi connectivity index (χ0) is 33.5. The molecule has 4 N–H and O–H groups in total. The van der Waals surface area contributed by atoms with E-state index in [1.54, 1.807) is 0 Å². The van der Waals surface area contributed by atoms with Crippen LogP contribution >= 0.6 is 0 Å². The van der Waals surface area contributed by atoms with E-state index in [9.17, 15) is 19.2 Å². The van der Waals surface area contributed by atoms with E-state index in [1.807, 2.05) is 48.5 Å². The number of ether oxygens (including phenoxy) is 5. The number of hydrogen-bond acceptors (Lipinski definition) is 9. The molecule has 3 amide bonds. The number of rotatable bonds is 26. The Kier molecular flexibility index (Phi) is 21.7. The first-order chi connectivity index (χ1) is 20.5. The van der Waals surface area contributed by atoms with E-state index in [4.69, 9.17) is 28.8 Å². The van der Waals surface area contributed by atoms with E-state index in [0.29, 0.717) is 78.7 Å². The van der Waals surface area contributed by atoms with Gasteiger partial charge in [-0.05, 0) is 39.0 Å². The molecule has 0 aromatic heterocycles. The fourth-order valence-electron chi connectivity index (χ4n) is 3.69. The van der Waals surface area contributed by atoms with E-state index in [1.165, 1.54) is 0 Å². The molecular formula is C31H59N3O10. The first-order valence-electron chi connectivity index (χ1n) is 15.5. The molecule has 0 fully saturated rings. The van der Waals surface area contributed by atoms with Gasteiger partial charge in [0.1, 0.15) is 5.60 Å². The first kappa shape index (κ1) is 41.5. The van der Waals surface area contributed by atoms with Gasteiger partial charge in [0, 0.05) is 37.9 Å². The number of aliphatic carboxylic acids is 1. The van der Waals surface area contributed by atoms with Gasteiger partial charge in [0.25, 0.3) is 0 Å². The van der Waals surface area contributed by atoms with E-state index >= 15 is 0 Å². The quantitative estimate of drug-likeness (QED) is 0.104. The Morgan fingerprint density at radius 1 is 0.591 bits per heavy atom. The molecule has 0 atom stereocenters. The minimum atomic E-state index is -0.899. The van der Waals surface area contributed by atoms with Crippen LogP contribution in [0.15, 0.2) is 0 Å². The standard InChI is InChI=1S/C31H59N3O10/c1-29(2,3)44-28(39)34-22-31(6,7)24-43-20-19-42-23-30(4,5)21-26(36)32-13-10-8-9-11-25(35)33-14-16-41-18-17-40-15-12-27(37)38/h8-24H2,1-7H3,(H,32,36)(H,33,35)(H,34,39)(H,37,38). The van der Waals surface area contributed by atoms with Crippen molar-refractivity contribution in [2.75, 3.05) is 72.5 Å². The number of carbonyl (C=O) groups excluding carboxylic acids is 3. The number of carboxylic acids is 1. The summed E-state index contributed by atoms with van der Waals surface area (Å²) in [6.45, 7) is 17.7. The highest BCUT2D eigenvalue weighted by atomic mass is 16.6. The van der Waals surface area contributed by atoms with Gasteiger partial charge in [-0.1, -0.05) is 34.1 Å². The number of unbranched alkanes of at least 4 members (excludes halogenated alkanes) is 2. The van der Waals surface area contributed by atoms with Crippen molar-refractivity contribution < 1.29 is 48.0 Å². The summed E-state index contributed by atoms with van der Waals surface area (Å²) in [5.74, 6) is -0.968.